The lowest BCUT2D eigenvalue weighted by Gasteiger charge is -2.54. The van der Waals surface area contributed by atoms with Crippen LogP contribution in [0.2, 0.25) is 0 Å². The van der Waals surface area contributed by atoms with E-state index in [9.17, 15) is 0 Å². The summed E-state index contributed by atoms with van der Waals surface area (Å²) in [5.74, 6) is 2.49. The van der Waals surface area contributed by atoms with Crippen molar-refractivity contribution in [2.75, 3.05) is 44.4 Å². The van der Waals surface area contributed by atoms with Gasteiger partial charge in [0.25, 0.3) is 0 Å². The summed E-state index contributed by atoms with van der Waals surface area (Å²) in [6, 6.07) is 19.0. The summed E-state index contributed by atoms with van der Waals surface area (Å²) in [5, 5.41) is 0. The standard InChI is InChI=1S/C29H32N4O4/c30-22-11-26(12-22)37-25-7-3-21(4-8-25)29(18-35-19-29)20-1-5-24(6-2-20)36-13-23-9-10-31-27(32-23)33-14-28(15-33)16-34-17-28/h1-10,22,26H,11-19,30H2/t22-,26-. The Balaban J connectivity index is 0.983. The lowest BCUT2D eigenvalue weighted by Crippen LogP contribution is -2.66. The number of benzene rings is 2. The highest BCUT2D eigenvalue weighted by Crippen LogP contribution is 2.41. The molecule has 4 fully saturated rings. The molecule has 1 saturated carbocycles. The number of anilines is 1. The SMILES string of the molecule is N[C@H]1C[C@H](Oc2ccc(C3(c4ccc(OCc5ccnc(N6CC7(COC7)C6)n5)cc4)COC3)cc2)C1. The van der Waals surface area contributed by atoms with Crippen molar-refractivity contribution < 1.29 is 18.9 Å². The minimum atomic E-state index is -0.141. The van der Waals surface area contributed by atoms with Crippen molar-refractivity contribution in [2.24, 2.45) is 11.1 Å². The average molecular weight is 501 g/mol. The van der Waals surface area contributed by atoms with E-state index in [0.717, 1.165) is 62.3 Å². The minimum absolute atomic E-state index is 0.141. The Labute approximate surface area is 216 Å². The molecule has 0 unspecified atom stereocenters. The second-order valence-corrected chi connectivity index (χ2v) is 11.1. The Morgan fingerprint density at radius 1 is 0.865 bits per heavy atom. The third-order valence-electron chi connectivity index (χ3n) is 8.18. The zero-order valence-electron chi connectivity index (χ0n) is 20.8. The molecule has 7 rings (SSSR count). The van der Waals surface area contributed by atoms with Gasteiger partial charge < -0.3 is 29.6 Å². The molecule has 3 saturated heterocycles. The van der Waals surface area contributed by atoms with Crippen molar-refractivity contribution in [1.29, 1.82) is 0 Å². The Hall–Kier alpha value is -3.20. The van der Waals surface area contributed by atoms with Gasteiger partial charge in [0.1, 0.15) is 24.2 Å². The molecule has 0 radical (unpaired) electrons. The van der Waals surface area contributed by atoms with Crippen LogP contribution in [0.15, 0.2) is 60.8 Å². The van der Waals surface area contributed by atoms with Crippen molar-refractivity contribution in [1.82, 2.24) is 9.97 Å². The number of hydrogen-bond acceptors (Lipinski definition) is 8. The van der Waals surface area contributed by atoms with E-state index in [0.29, 0.717) is 25.2 Å². The van der Waals surface area contributed by atoms with Crippen molar-refractivity contribution in [2.45, 2.75) is 37.0 Å². The van der Waals surface area contributed by atoms with Crippen molar-refractivity contribution >= 4 is 5.95 Å². The molecule has 8 nitrogen and oxygen atoms in total. The number of hydrogen-bond donors (Lipinski definition) is 1. The molecule has 37 heavy (non-hydrogen) atoms. The maximum absolute atomic E-state index is 6.07. The number of nitrogens with zero attached hydrogens (tertiary/aromatic N) is 3. The predicted octanol–water partition coefficient (Wildman–Crippen LogP) is 3.08. The third-order valence-corrected chi connectivity index (χ3v) is 8.18. The van der Waals surface area contributed by atoms with Gasteiger partial charge in [0, 0.05) is 25.3 Å². The van der Waals surface area contributed by atoms with Gasteiger partial charge in [-0.25, -0.2) is 9.97 Å². The molecule has 3 aliphatic heterocycles. The average Bonchev–Trinajstić information content (AvgIpc) is 2.81. The first-order valence-corrected chi connectivity index (χ1v) is 13.1. The zero-order valence-corrected chi connectivity index (χ0v) is 20.8. The number of aromatic nitrogens is 2. The van der Waals surface area contributed by atoms with Crippen LogP contribution < -0.4 is 20.1 Å². The van der Waals surface area contributed by atoms with E-state index in [4.69, 9.17) is 29.7 Å². The summed E-state index contributed by atoms with van der Waals surface area (Å²) in [4.78, 5) is 11.4. The van der Waals surface area contributed by atoms with E-state index in [1.54, 1.807) is 0 Å². The quantitative estimate of drug-likeness (QED) is 0.505. The van der Waals surface area contributed by atoms with Gasteiger partial charge in [-0.15, -0.1) is 0 Å². The Morgan fingerprint density at radius 3 is 2.08 bits per heavy atom. The summed E-state index contributed by atoms with van der Waals surface area (Å²) < 4.78 is 23.1. The molecule has 4 heterocycles. The zero-order chi connectivity index (χ0) is 24.9. The van der Waals surface area contributed by atoms with Gasteiger partial charge in [-0.1, -0.05) is 24.3 Å². The molecule has 0 amide bonds. The van der Waals surface area contributed by atoms with Gasteiger partial charge in [-0.05, 0) is 54.3 Å². The Bertz CT molecular complexity index is 1240. The van der Waals surface area contributed by atoms with Crippen LogP contribution >= 0.6 is 0 Å². The molecule has 8 heteroatoms. The molecule has 1 aromatic heterocycles. The normalized spacial score (nSPS) is 24.8. The van der Waals surface area contributed by atoms with Gasteiger partial charge in [0.15, 0.2) is 0 Å². The van der Waals surface area contributed by atoms with Crippen LogP contribution in [-0.4, -0.2) is 61.6 Å². The maximum atomic E-state index is 6.07. The fourth-order valence-electron chi connectivity index (χ4n) is 5.68. The minimum Gasteiger partial charge on any atom is -0.490 e. The van der Waals surface area contributed by atoms with Crippen molar-refractivity contribution in [3.05, 3.63) is 77.6 Å². The summed E-state index contributed by atoms with van der Waals surface area (Å²) in [7, 11) is 0. The maximum Gasteiger partial charge on any atom is 0.225 e. The van der Waals surface area contributed by atoms with Crippen LogP contribution in [0.5, 0.6) is 11.5 Å². The smallest absolute Gasteiger partial charge is 0.225 e. The van der Waals surface area contributed by atoms with E-state index in [-0.39, 0.29) is 17.6 Å². The van der Waals surface area contributed by atoms with Gasteiger partial charge in [0.2, 0.25) is 5.95 Å². The second-order valence-electron chi connectivity index (χ2n) is 11.1. The molecule has 2 N–H and O–H groups in total. The van der Waals surface area contributed by atoms with Crippen molar-refractivity contribution in [3.8, 4) is 11.5 Å². The van der Waals surface area contributed by atoms with E-state index in [2.05, 4.69) is 46.3 Å². The largest absolute Gasteiger partial charge is 0.490 e. The molecule has 0 atom stereocenters. The fourth-order valence-corrected chi connectivity index (χ4v) is 5.68. The summed E-state index contributed by atoms with van der Waals surface area (Å²) in [6.07, 6.45) is 3.92. The van der Waals surface area contributed by atoms with Crippen LogP contribution in [-0.2, 0) is 21.5 Å². The van der Waals surface area contributed by atoms with Gasteiger partial charge in [-0.2, -0.15) is 0 Å². The molecule has 192 valence electrons. The molecule has 1 aliphatic carbocycles. The summed E-state index contributed by atoms with van der Waals surface area (Å²) in [6.45, 7) is 5.37. The number of nitrogens with two attached hydrogens (primary N) is 1. The fraction of sp³-hybridized carbons (Fsp3) is 0.448. The highest BCUT2D eigenvalue weighted by atomic mass is 16.5. The summed E-state index contributed by atoms with van der Waals surface area (Å²) >= 11 is 0. The first-order valence-electron chi connectivity index (χ1n) is 13.1. The van der Waals surface area contributed by atoms with Crippen LogP contribution in [0.4, 0.5) is 5.95 Å². The van der Waals surface area contributed by atoms with Crippen LogP contribution in [0.3, 0.4) is 0 Å². The van der Waals surface area contributed by atoms with Gasteiger partial charge >= 0.3 is 0 Å². The van der Waals surface area contributed by atoms with Crippen LogP contribution in [0.25, 0.3) is 0 Å². The van der Waals surface area contributed by atoms with E-state index < -0.39 is 0 Å². The topological polar surface area (TPSA) is 92.0 Å². The predicted molar refractivity (Wildman–Crippen MR) is 138 cm³/mol. The number of rotatable bonds is 8. The lowest BCUT2D eigenvalue weighted by molar-refractivity contribution is -0.127. The highest BCUT2D eigenvalue weighted by Gasteiger charge is 2.50. The van der Waals surface area contributed by atoms with E-state index in [1.165, 1.54) is 11.1 Å². The van der Waals surface area contributed by atoms with Gasteiger partial charge in [-0.3, -0.25) is 0 Å². The second kappa shape index (κ2) is 8.97. The molecular formula is C29H32N4O4. The monoisotopic (exact) mass is 500 g/mol. The molecule has 4 aliphatic rings. The first kappa shape index (κ1) is 23.0. The Morgan fingerprint density at radius 2 is 1.51 bits per heavy atom. The summed E-state index contributed by atoms with van der Waals surface area (Å²) in [5.41, 5.74) is 9.40. The van der Waals surface area contributed by atoms with E-state index in [1.807, 2.05) is 24.4 Å². The van der Waals surface area contributed by atoms with Crippen LogP contribution in [0, 0.1) is 5.41 Å². The molecule has 2 aromatic carbocycles. The third kappa shape index (κ3) is 4.23. The molecule has 0 bridgehead atoms. The molecule has 1 spiro atoms. The number of ether oxygens (including phenoxy) is 4. The highest BCUT2D eigenvalue weighted by molar-refractivity contribution is 5.45. The van der Waals surface area contributed by atoms with Crippen LogP contribution in [0.1, 0.15) is 29.7 Å². The van der Waals surface area contributed by atoms with Crippen molar-refractivity contribution in [3.63, 3.8) is 0 Å². The lowest BCUT2D eigenvalue weighted by atomic mass is 9.73. The molecular weight excluding hydrogens is 468 g/mol. The first-order chi connectivity index (χ1) is 18.1. The molecule has 3 aromatic rings. The van der Waals surface area contributed by atoms with E-state index >= 15 is 0 Å². The Kier molecular flexibility index (Phi) is 5.57. The van der Waals surface area contributed by atoms with Gasteiger partial charge in [0.05, 0.1) is 43.0 Å².